The van der Waals surface area contributed by atoms with Gasteiger partial charge in [0.1, 0.15) is 5.75 Å². The number of hydrogen-bond acceptors (Lipinski definition) is 6. The molecule has 0 aliphatic carbocycles. The number of benzene rings is 1. The fourth-order valence-electron chi connectivity index (χ4n) is 2.83. The molecule has 1 aromatic carbocycles. The Morgan fingerprint density at radius 2 is 1.93 bits per heavy atom. The number of methoxy groups -OCH3 is 1. The standard InChI is InChI=1S/C21H26N2O5/c1-14(2)28-18-10-9-15(11-22-18)23-20(24)21(3)12-26-19(27-13-21)16-7-5-6-8-17(16)25-4/h5-11,14,19H,12-13H2,1-4H3,(H,23,24). The lowest BCUT2D eigenvalue weighted by Gasteiger charge is -2.36. The van der Waals surface area contributed by atoms with Crippen molar-refractivity contribution in [1.29, 1.82) is 0 Å². The lowest BCUT2D eigenvalue weighted by molar-refractivity contribution is -0.226. The number of nitrogens with zero attached hydrogens (tertiary/aromatic N) is 1. The maximum Gasteiger partial charge on any atom is 0.235 e. The Bertz CT molecular complexity index is 799. The zero-order valence-corrected chi connectivity index (χ0v) is 16.6. The minimum Gasteiger partial charge on any atom is -0.496 e. The molecule has 150 valence electrons. The predicted octanol–water partition coefficient (Wildman–Crippen LogP) is 3.57. The van der Waals surface area contributed by atoms with Crippen molar-refractivity contribution < 1.29 is 23.7 Å². The number of nitrogens with one attached hydrogen (secondary N) is 1. The van der Waals surface area contributed by atoms with Crippen LogP contribution in [0.5, 0.6) is 11.6 Å². The second kappa shape index (κ2) is 8.58. The van der Waals surface area contributed by atoms with Gasteiger partial charge in [0, 0.05) is 11.6 Å². The summed E-state index contributed by atoms with van der Waals surface area (Å²) in [6.07, 6.45) is 1.05. The number of anilines is 1. The van der Waals surface area contributed by atoms with Gasteiger partial charge in [-0.05, 0) is 32.9 Å². The monoisotopic (exact) mass is 386 g/mol. The Kier molecular flexibility index (Phi) is 6.16. The minimum atomic E-state index is -0.814. The fraction of sp³-hybridized carbons (Fsp3) is 0.429. The molecule has 0 atom stereocenters. The molecular weight excluding hydrogens is 360 g/mol. The van der Waals surface area contributed by atoms with Gasteiger partial charge in [-0.1, -0.05) is 18.2 Å². The summed E-state index contributed by atoms with van der Waals surface area (Å²) in [4.78, 5) is 17.0. The van der Waals surface area contributed by atoms with Crippen molar-refractivity contribution in [1.82, 2.24) is 4.98 Å². The van der Waals surface area contributed by atoms with Crippen LogP contribution in [0.4, 0.5) is 5.69 Å². The van der Waals surface area contributed by atoms with E-state index in [4.69, 9.17) is 18.9 Å². The van der Waals surface area contributed by atoms with Crippen molar-refractivity contribution in [3.05, 3.63) is 48.2 Å². The molecule has 28 heavy (non-hydrogen) atoms. The van der Waals surface area contributed by atoms with Crippen LogP contribution in [0.1, 0.15) is 32.6 Å². The van der Waals surface area contributed by atoms with E-state index in [1.54, 1.807) is 25.4 Å². The summed E-state index contributed by atoms with van der Waals surface area (Å²) < 4.78 is 22.6. The highest BCUT2D eigenvalue weighted by Crippen LogP contribution is 2.36. The van der Waals surface area contributed by atoms with E-state index in [2.05, 4.69) is 10.3 Å². The van der Waals surface area contributed by atoms with E-state index in [0.29, 0.717) is 17.3 Å². The van der Waals surface area contributed by atoms with Gasteiger partial charge in [0.25, 0.3) is 0 Å². The molecule has 0 bridgehead atoms. The van der Waals surface area contributed by atoms with Gasteiger partial charge < -0.3 is 24.3 Å². The van der Waals surface area contributed by atoms with Gasteiger partial charge in [0.05, 0.1) is 43.7 Å². The molecule has 1 aromatic heterocycles. The first-order chi connectivity index (χ1) is 13.4. The number of aromatic nitrogens is 1. The van der Waals surface area contributed by atoms with E-state index in [0.717, 1.165) is 5.56 Å². The molecular formula is C21H26N2O5. The molecule has 1 aliphatic heterocycles. The average molecular weight is 386 g/mol. The van der Waals surface area contributed by atoms with Gasteiger partial charge in [0.15, 0.2) is 6.29 Å². The Morgan fingerprint density at radius 1 is 1.21 bits per heavy atom. The molecule has 0 saturated carbocycles. The highest BCUT2D eigenvalue weighted by atomic mass is 16.7. The van der Waals surface area contributed by atoms with Crippen LogP contribution in [-0.2, 0) is 14.3 Å². The topological polar surface area (TPSA) is 78.9 Å². The molecule has 0 unspecified atom stereocenters. The summed E-state index contributed by atoms with van der Waals surface area (Å²) in [5.41, 5.74) is 0.581. The van der Waals surface area contributed by atoms with E-state index < -0.39 is 11.7 Å². The van der Waals surface area contributed by atoms with Crippen molar-refractivity contribution in [2.75, 3.05) is 25.6 Å². The van der Waals surface area contributed by atoms with Crippen molar-refractivity contribution >= 4 is 11.6 Å². The van der Waals surface area contributed by atoms with Gasteiger partial charge in [-0.2, -0.15) is 0 Å². The Morgan fingerprint density at radius 3 is 2.54 bits per heavy atom. The number of amides is 1. The maximum absolute atomic E-state index is 12.8. The highest BCUT2D eigenvalue weighted by Gasteiger charge is 2.40. The van der Waals surface area contributed by atoms with E-state index >= 15 is 0 Å². The van der Waals surface area contributed by atoms with Crippen LogP contribution in [0.2, 0.25) is 0 Å². The van der Waals surface area contributed by atoms with E-state index in [-0.39, 0.29) is 25.2 Å². The summed E-state index contributed by atoms with van der Waals surface area (Å²) in [6.45, 7) is 6.12. The Balaban J connectivity index is 1.60. The third kappa shape index (κ3) is 4.61. The summed E-state index contributed by atoms with van der Waals surface area (Å²) in [6, 6.07) is 11.0. The molecule has 2 heterocycles. The highest BCUT2D eigenvalue weighted by molar-refractivity contribution is 5.95. The third-order valence-corrected chi connectivity index (χ3v) is 4.40. The van der Waals surface area contributed by atoms with E-state index in [1.807, 2.05) is 45.0 Å². The van der Waals surface area contributed by atoms with Gasteiger partial charge >= 0.3 is 0 Å². The molecule has 2 aromatic rings. The Hall–Kier alpha value is -2.64. The van der Waals surface area contributed by atoms with E-state index in [1.165, 1.54) is 0 Å². The van der Waals surface area contributed by atoms with Gasteiger partial charge in [-0.3, -0.25) is 4.79 Å². The second-order valence-electron chi connectivity index (χ2n) is 7.26. The molecule has 1 amide bonds. The first-order valence-corrected chi connectivity index (χ1v) is 9.21. The number of para-hydroxylation sites is 1. The van der Waals surface area contributed by atoms with Crippen molar-refractivity contribution in [2.24, 2.45) is 5.41 Å². The van der Waals surface area contributed by atoms with Crippen LogP contribution >= 0.6 is 0 Å². The number of hydrogen-bond donors (Lipinski definition) is 1. The molecule has 1 N–H and O–H groups in total. The second-order valence-corrected chi connectivity index (χ2v) is 7.26. The molecule has 7 heteroatoms. The summed E-state index contributed by atoms with van der Waals surface area (Å²) in [5, 5.41) is 2.87. The lowest BCUT2D eigenvalue weighted by Crippen LogP contribution is -2.45. The SMILES string of the molecule is COc1ccccc1C1OCC(C)(C(=O)Nc2ccc(OC(C)C)nc2)CO1. The summed E-state index contributed by atoms with van der Waals surface area (Å²) >= 11 is 0. The molecule has 3 rings (SSSR count). The van der Waals surface area contributed by atoms with Crippen LogP contribution in [0.25, 0.3) is 0 Å². The normalized spacial score (nSPS) is 22.0. The van der Waals surface area contributed by atoms with Crippen LogP contribution in [0, 0.1) is 5.41 Å². The molecule has 1 fully saturated rings. The largest absolute Gasteiger partial charge is 0.496 e. The zero-order valence-electron chi connectivity index (χ0n) is 16.6. The lowest BCUT2D eigenvalue weighted by atomic mass is 9.90. The zero-order chi connectivity index (χ0) is 20.1. The molecule has 1 saturated heterocycles. The number of pyridine rings is 1. The first-order valence-electron chi connectivity index (χ1n) is 9.21. The number of rotatable bonds is 6. The molecule has 0 radical (unpaired) electrons. The first kappa shape index (κ1) is 20.1. The molecule has 1 aliphatic rings. The summed E-state index contributed by atoms with van der Waals surface area (Å²) in [7, 11) is 1.60. The molecule has 7 nitrogen and oxygen atoms in total. The minimum absolute atomic E-state index is 0.0413. The van der Waals surface area contributed by atoms with Crippen LogP contribution in [0.15, 0.2) is 42.6 Å². The van der Waals surface area contributed by atoms with Gasteiger partial charge in [0.2, 0.25) is 11.8 Å². The van der Waals surface area contributed by atoms with Crippen molar-refractivity contribution in [3.63, 3.8) is 0 Å². The predicted molar refractivity (Wildman–Crippen MR) is 104 cm³/mol. The Labute approximate surface area is 165 Å². The van der Waals surface area contributed by atoms with Gasteiger partial charge in [-0.15, -0.1) is 0 Å². The summed E-state index contributed by atoms with van der Waals surface area (Å²) in [5.74, 6) is 1.02. The van der Waals surface area contributed by atoms with Crippen LogP contribution < -0.4 is 14.8 Å². The van der Waals surface area contributed by atoms with Crippen molar-refractivity contribution in [2.45, 2.75) is 33.2 Å². The molecule has 0 spiro atoms. The van der Waals surface area contributed by atoms with Crippen molar-refractivity contribution in [3.8, 4) is 11.6 Å². The van der Waals surface area contributed by atoms with Crippen LogP contribution in [0.3, 0.4) is 0 Å². The van der Waals surface area contributed by atoms with Crippen LogP contribution in [-0.4, -0.2) is 37.3 Å². The van der Waals surface area contributed by atoms with E-state index in [9.17, 15) is 4.79 Å². The average Bonchev–Trinajstić information content (AvgIpc) is 2.69. The van der Waals surface area contributed by atoms with Gasteiger partial charge in [-0.25, -0.2) is 4.98 Å². The quantitative estimate of drug-likeness (QED) is 0.818. The third-order valence-electron chi connectivity index (χ3n) is 4.40. The number of carbonyl (C=O) groups is 1. The fourth-order valence-corrected chi connectivity index (χ4v) is 2.83. The number of carbonyl (C=O) groups excluding carboxylic acids is 1. The smallest absolute Gasteiger partial charge is 0.235 e. The number of ether oxygens (including phenoxy) is 4. The maximum atomic E-state index is 12.8.